The van der Waals surface area contributed by atoms with Gasteiger partial charge < -0.3 is 0 Å². The second-order valence-electron chi connectivity index (χ2n) is 4.71. The number of rotatable bonds is 4. The Labute approximate surface area is 119 Å². The van der Waals surface area contributed by atoms with E-state index in [0.717, 1.165) is 11.1 Å². The smallest absolute Gasteiger partial charge is 0.111 e. The molecule has 0 amide bonds. The summed E-state index contributed by atoms with van der Waals surface area (Å²) in [7, 11) is 0. The lowest BCUT2D eigenvalue weighted by atomic mass is 9.68. The Morgan fingerprint density at radius 2 is 1.42 bits per heavy atom. The highest BCUT2D eigenvalue weighted by atomic mass is 35.5. The molecular weight excluding hydrogens is 254 g/mol. The van der Waals surface area contributed by atoms with Crippen LogP contribution in [-0.4, -0.2) is 5.88 Å². The van der Waals surface area contributed by atoms with E-state index in [0.29, 0.717) is 5.88 Å². The number of alkyl halides is 1. The Morgan fingerprint density at radius 3 is 1.74 bits per heavy atom. The molecule has 96 valence electrons. The summed E-state index contributed by atoms with van der Waals surface area (Å²) in [4.78, 5) is 0. The number of hydrogen-bond donors (Lipinski definition) is 0. The minimum atomic E-state index is -0.690. The Morgan fingerprint density at radius 1 is 1.00 bits per heavy atom. The summed E-state index contributed by atoms with van der Waals surface area (Å²) in [5.41, 5.74) is 1.30. The number of benzene rings is 2. The molecule has 0 saturated carbocycles. The highest BCUT2D eigenvalue weighted by Crippen LogP contribution is 2.39. The average molecular weight is 270 g/mol. The minimum Gasteiger partial charge on any atom is -0.197 e. The molecule has 0 fully saturated rings. The molecule has 0 aliphatic carbocycles. The van der Waals surface area contributed by atoms with E-state index in [1.54, 1.807) is 0 Å². The van der Waals surface area contributed by atoms with Crippen molar-refractivity contribution in [3.05, 3.63) is 71.8 Å². The second kappa shape index (κ2) is 5.91. The fourth-order valence-electron chi connectivity index (χ4n) is 2.49. The van der Waals surface area contributed by atoms with Crippen LogP contribution in [0.25, 0.3) is 0 Å². The van der Waals surface area contributed by atoms with Crippen molar-refractivity contribution < 1.29 is 0 Å². The molecule has 19 heavy (non-hydrogen) atoms. The Bertz CT molecular complexity index is 517. The maximum Gasteiger partial charge on any atom is 0.111 e. The van der Waals surface area contributed by atoms with Gasteiger partial charge >= 0.3 is 0 Å². The first-order valence-electron chi connectivity index (χ1n) is 6.34. The summed E-state index contributed by atoms with van der Waals surface area (Å²) >= 11 is 6.06. The zero-order valence-corrected chi connectivity index (χ0v) is 11.6. The maximum atomic E-state index is 9.88. The van der Waals surface area contributed by atoms with Crippen molar-refractivity contribution in [2.45, 2.75) is 12.3 Å². The van der Waals surface area contributed by atoms with Crippen molar-refractivity contribution in [1.29, 1.82) is 5.26 Å². The van der Waals surface area contributed by atoms with Crippen LogP contribution in [0.5, 0.6) is 0 Å². The van der Waals surface area contributed by atoms with Crippen molar-refractivity contribution in [1.82, 2.24) is 0 Å². The van der Waals surface area contributed by atoms with E-state index in [4.69, 9.17) is 11.6 Å². The van der Waals surface area contributed by atoms with Crippen LogP contribution in [0.1, 0.15) is 18.1 Å². The van der Waals surface area contributed by atoms with Crippen molar-refractivity contribution >= 4 is 11.6 Å². The maximum absolute atomic E-state index is 9.88. The Kier molecular flexibility index (Phi) is 4.24. The van der Waals surface area contributed by atoms with Crippen LogP contribution in [0.4, 0.5) is 0 Å². The summed E-state index contributed by atoms with van der Waals surface area (Å²) in [6.07, 6.45) is 0. The van der Waals surface area contributed by atoms with Crippen LogP contribution >= 0.6 is 11.6 Å². The van der Waals surface area contributed by atoms with Gasteiger partial charge in [0.25, 0.3) is 0 Å². The largest absolute Gasteiger partial charge is 0.197 e. The molecule has 0 aliphatic heterocycles. The molecule has 0 heterocycles. The molecule has 2 aromatic rings. The normalized spacial score (nSPS) is 12.7. The van der Waals surface area contributed by atoms with Crippen LogP contribution < -0.4 is 0 Å². The zero-order valence-electron chi connectivity index (χ0n) is 10.9. The van der Waals surface area contributed by atoms with Crippen LogP contribution in [0.3, 0.4) is 0 Å². The van der Waals surface area contributed by atoms with Gasteiger partial charge in [-0.1, -0.05) is 67.6 Å². The van der Waals surface area contributed by atoms with E-state index in [-0.39, 0.29) is 5.92 Å². The third kappa shape index (κ3) is 2.37. The van der Waals surface area contributed by atoms with E-state index < -0.39 is 5.41 Å². The zero-order chi connectivity index (χ0) is 13.7. The topological polar surface area (TPSA) is 23.8 Å². The van der Waals surface area contributed by atoms with Crippen molar-refractivity contribution in [3.8, 4) is 6.07 Å². The van der Waals surface area contributed by atoms with Gasteiger partial charge in [-0.2, -0.15) is 5.26 Å². The molecule has 2 rings (SSSR count). The van der Waals surface area contributed by atoms with Crippen LogP contribution in [-0.2, 0) is 5.41 Å². The third-order valence-corrected chi connectivity index (χ3v) is 4.07. The van der Waals surface area contributed by atoms with Crippen molar-refractivity contribution in [2.75, 3.05) is 5.88 Å². The molecule has 0 bridgehead atoms. The lowest BCUT2D eigenvalue weighted by Gasteiger charge is -2.33. The summed E-state index contributed by atoms with van der Waals surface area (Å²) < 4.78 is 0. The fraction of sp³-hybridized carbons (Fsp3) is 0.235. The van der Waals surface area contributed by atoms with Gasteiger partial charge in [-0.05, 0) is 17.0 Å². The first-order valence-corrected chi connectivity index (χ1v) is 6.87. The molecule has 0 radical (unpaired) electrons. The predicted molar refractivity (Wildman–Crippen MR) is 79.2 cm³/mol. The Balaban J connectivity index is 2.67. The van der Waals surface area contributed by atoms with E-state index in [2.05, 4.69) is 6.07 Å². The number of hydrogen-bond acceptors (Lipinski definition) is 1. The van der Waals surface area contributed by atoms with Crippen LogP contribution in [0.15, 0.2) is 60.7 Å². The summed E-state index contributed by atoms with van der Waals surface area (Å²) in [6, 6.07) is 22.3. The number of nitriles is 1. The summed E-state index contributed by atoms with van der Waals surface area (Å²) in [5, 5.41) is 9.88. The van der Waals surface area contributed by atoms with E-state index in [1.165, 1.54) is 0 Å². The molecule has 0 N–H and O–H groups in total. The molecule has 0 spiro atoms. The van der Waals surface area contributed by atoms with Crippen molar-refractivity contribution in [2.24, 2.45) is 5.92 Å². The fourth-order valence-corrected chi connectivity index (χ4v) is 2.72. The molecule has 2 aromatic carbocycles. The molecule has 1 nitrogen and oxygen atoms in total. The van der Waals surface area contributed by atoms with Gasteiger partial charge in [-0.15, -0.1) is 11.6 Å². The van der Waals surface area contributed by atoms with Crippen LogP contribution in [0, 0.1) is 17.2 Å². The standard InChI is InChI=1S/C17H16ClN/c1-14(12-18)17(13-19,15-8-4-2-5-9-15)16-10-6-3-7-11-16/h2-11,14H,12H2,1H3/t14-/m0/s1. The van der Waals surface area contributed by atoms with Crippen molar-refractivity contribution in [3.63, 3.8) is 0 Å². The average Bonchev–Trinajstić information content (AvgIpc) is 2.50. The van der Waals surface area contributed by atoms with Gasteiger partial charge in [0.2, 0.25) is 0 Å². The lowest BCUT2D eigenvalue weighted by molar-refractivity contribution is 0.468. The summed E-state index contributed by atoms with van der Waals surface area (Å²) in [5.74, 6) is 0.473. The molecule has 0 aliphatic rings. The quantitative estimate of drug-likeness (QED) is 0.756. The molecule has 0 aromatic heterocycles. The molecule has 2 heteroatoms. The molecule has 0 unspecified atom stereocenters. The van der Waals surface area contributed by atoms with Crippen LogP contribution in [0.2, 0.25) is 0 Å². The van der Waals surface area contributed by atoms with E-state index in [1.807, 2.05) is 67.6 Å². The third-order valence-electron chi connectivity index (χ3n) is 3.61. The Hall–Kier alpha value is -1.78. The highest BCUT2D eigenvalue weighted by Gasteiger charge is 2.39. The molecule has 1 atom stereocenters. The van der Waals surface area contributed by atoms with Gasteiger partial charge in [0, 0.05) is 5.88 Å². The predicted octanol–water partition coefficient (Wildman–Crippen LogP) is 4.37. The first kappa shape index (κ1) is 13.6. The van der Waals surface area contributed by atoms with E-state index >= 15 is 0 Å². The lowest BCUT2D eigenvalue weighted by Crippen LogP contribution is -2.34. The number of halogens is 1. The second-order valence-corrected chi connectivity index (χ2v) is 5.02. The first-order chi connectivity index (χ1) is 9.25. The van der Waals surface area contributed by atoms with Gasteiger partial charge in [0.05, 0.1) is 6.07 Å². The van der Waals surface area contributed by atoms with Gasteiger partial charge in [0.1, 0.15) is 5.41 Å². The molecular formula is C17H16ClN. The monoisotopic (exact) mass is 269 g/mol. The number of nitrogens with zero attached hydrogens (tertiary/aromatic N) is 1. The highest BCUT2D eigenvalue weighted by molar-refractivity contribution is 6.18. The molecule has 0 saturated heterocycles. The van der Waals surface area contributed by atoms with E-state index in [9.17, 15) is 5.26 Å². The van der Waals surface area contributed by atoms with Gasteiger partial charge in [-0.25, -0.2) is 0 Å². The van der Waals surface area contributed by atoms with Gasteiger partial charge in [0.15, 0.2) is 0 Å². The minimum absolute atomic E-state index is 0.0315. The SMILES string of the molecule is C[C@@H](CCl)C(C#N)(c1ccccc1)c1ccccc1. The summed E-state index contributed by atoms with van der Waals surface area (Å²) in [6.45, 7) is 2.02. The van der Waals surface area contributed by atoms with Gasteiger partial charge in [-0.3, -0.25) is 0 Å².